The highest BCUT2D eigenvalue weighted by molar-refractivity contribution is 7.89. The molecule has 1 aromatic heterocycles. The second-order valence-corrected chi connectivity index (χ2v) is 7.38. The van der Waals surface area contributed by atoms with Crippen LogP contribution in [-0.2, 0) is 16.2 Å². The number of rotatable bonds is 3. The summed E-state index contributed by atoms with van der Waals surface area (Å²) in [5.74, 6) is -1.17. The second kappa shape index (κ2) is 6.46. The van der Waals surface area contributed by atoms with E-state index in [1.54, 1.807) is 31.2 Å². The Hall–Kier alpha value is -2.72. The zero-order valence-corrected chi connectivity index (χ0v) is 14.6. The number of sulfonamides is 1. The molecule has 0 bridgehead atoms. The van der Waals surface area contributed by atoms with Crippen LogP contribution in [0.4, 0.5) is 17.6 Å². The van der Waals surface area contributed by atoms with Gasteiger partial charge < -0.3 is 0 Å². The van der Waals surface area contributed by atoms with Crippen LogP contribution in [0.15, 0.2) is 53.4 Å². The maximum Gasteiger partial charge on any atom is 0.435 e. The summed E-state index contributed by atoms with van der Waals surface area (Å²) >= 11 is 0. The minimum atomic E-state index is -4.71. The topological polar surface area (TPSA) is 78.0 Å². The quantitative estimate of drug-likeness (QED) is 0.683. The van der Waals surface area contributed by atoms with Crippen LogP contribution < -0.4 is 5.14 Å². The molecule has 27 heavy (non-hydrogen) atoms. The predicted octanol–water partition coefficient (Wildman–Crippen LogP) is 3.65. The Kier molecular flexibility index (Phi) is 4.56. The van der Waals surface area contributed by atoms with Crippen molar-refractivity contribution in [2.24, 2.45) is 5.14 Å². The lowest BCUT2D eigenvalue weighted by molar-refractivity contribution is -0.141. The second-order valence-electron chi connectivity index (χ2n) is 5.85. The summed E-state index contributed by atoms with van der Waals surface area (Å²) in [6.45, 7) is 1.76. The zero-order valence-electron chi connectivity index (χ0n) is 13.8. The number of primary sulfonamides is 1. The lowest BCUT2D eigenvalue weighted by atomic mass is 10.1. The summed E-state index contributed by atoms with van der Waals surface area (Å²) in [5.41, 5.74) is -0.0539. The van der Waals surface area contributed by atoms with E-state index in [-0.39, 0.29) is 11.3 Å². The van der Waals surface area contributed by atoms with Gasteiger partial charge in [0.05, 0.1) is 11.4 Å². The van der Waals surface area contributed by atoms with Crippen molar-refractivity contribution in [3.63, 3.8) is 0 Å². The van der Waals surface area contributed by atoms with Crippen LogP contribution in [0.25, 0.3) is 16.9 Å². The summed E-state index contributed by atoms with van der Waals surface area (Å²) < 4.78 is 77.3. The number of aryl methyl sites for hydroxylation is 1. The molecule has 3 rings (SSSR count). The molecule has 0 radical (unpaired) electrons. The maximum absolute atomic E-state index is 14.2. The Morgan fingerprint density at radius 1 is 1.07 bits per heavy atom. The van der Waals surface area contributed by atoms with E-state index in [0.717, 1.165) is 28.4 Å². The number of halogens is 4. The minimum absolute atomic E-state index is 0.0180. The highest BCUT2D eigenvalue weighted by atomic mass is 32.2. The van der Waals surface area contributed by atoms with Crippen molar-refractivity contribution in [2.45, 2.75) is 18.0 Å². The molecule has 0 fully saturated rings. The first-order chi connectivity index (χ1) is 12.5. The maximum atomic E-state index is 14.2. The fourth-order valence-corrected chi connectivity index (χ4v) is 3.16. The summed E-state index contributed by atoms with van der Waals surface area (Å²) in [7, 11) is -4.30. The van der Waals surface area contributed by atoms with Crippen LogP contribution in [0, 0.1) is 12.7 Å². The average molecular weight is 399 g/mol. The van der Waals surface area contributed by atoms with Crippen molar-refractivity contribution in [3.8, 4) is 16.9 Å². The Morgan fingerprint density at radius 3 is 2.33 bits per heavy atom. The Bertz CT molecular complexity index is 1120. The molecule has 10 heteroatoms. The normalized spacial score (nSPS) is 12.4. The number of benzene rings is 2. The van der Waals surface area contributed by atoms with Crippen molar-refractivity contribution in [2.75, 3.05) is 0 Å². The van der Waals surface area contributed by atoms with Crippen molar-refractivity contribution < 1.29 is 26.0 Å². The fraction of sp³-hybridized carbons (Fsp3) is 0.118. The molecule has 142 valence electrons. The lowest BCUT2D eigenvalue weighted by Crippen LogP contribution is -2.14. The highest BCUT2D eigenvalue weighted by Gasteiger charge is 2.35. The number of hydrogen-bond donors (Lipinski definition) is 1. The lowest BCUT2D eigenvalue weighted by Gasteiger charge is -2.09. The summed E-state index contributed by atoms with van der Waals surface area (Å²) in [6.07, 6.45) is -4.71. The SMILES string of the molecule is Cc1cccc(-n2nc(C(F)(F)F)cc2-c2ccc(S(N)(=O)=O)c(F)c2)c1. The van der Waals surface area contributed by atoms with E-state index in [2.05, 4.69) is 5.10 Å². The summed E-state index contributed by atoms with van der Waals surface area (Å²) in [6, 6.07) is 10.2. The van der Waals surface area contributed by atoms with E-state index in [1.165, 1.54) is 6.07 Å². The Labute approximate surface area is 152 Å². The Balaban J connectivity index is 2.23. The Morgan fingerprint density at radius 2 is 1.78 bits per heavy atom. The van der Waals surface area contributed by atoms with Crippen LogP contribution in [0.5, 0.6) is 0 Å². The average Bonchev–Trinajstić information content (AvgIpc) is 2.99. The van der Waals surface area contributed by atoms with Gasteiger partial charge in [-0.1, -0.05) is 18.2 Å². The molecule has 0 saturated carbocycles. The summed E-state index contributed by atoms with van der Waals surface area (Å²) in [4.78, 5) is -0.746. The molecule has 0 unspecified atom stereocenters. The molecule has 0 aliphatic heterocycles. The first-order valence-corrected chi connectivity index (χ1v) is 9.08. The first kappa shape index (κ1) is 19.1. The van der Waals surface area contributed by atoms with E-state index in [9.17, 15) is 26.0 Å². The van der Waals surface area contributed by atoms with Gasteiger partial charge >= 0.3 is 6.18 Å². The number of nitrogens with two attached hydrogens (primary N) is 1. The first-order valence-electron chi connectivity index (χ1n) is 7.54. The van der Waals surface area contributed by atoms with Crippen molar-refractivity contribution in [1.82, 2.24) is 9.78 Å². The fourth-order valence-electron chi connectivity index (χ4n) is 2.57. The van der Waals surface area contributed by atoms with Gasteiger partial charge in [0.1, 0.15) is 10.7 Å². The molecule has 3 aromatic rings. The largest absolute Gasteiger partial charge is 0.435 e. The molecule has 0 amide bonds. The zero-order chi connectivity index (χ0) is 20.0. The summed E-state index contributed by atoms with van der Waals surface area (Å²) in [5, 5.41) is 8.51. The number of nitrogens with zero attached hydrogens (tertiary/aromatic N) is 2. The van der Waals surface area contributed by atoms with Crippen molar-refractivity contribution in [1.29, 1.82) is 0 Å². The van der Waals surface area contributed by atoms with Gasteiger partial charge in [-0.3, -0.25) is 0 Å². The van der Waals surface area contributed by atoms with E-state index < -0.39 is 32.6 Å². The van der Waals surface area contributed by atoms with Gasteiger partial charge in [0.25, 0.3) is 0 Å². The molecule has 5 nitrogen and oxygen atoms in total. The minimum Gasteiger partial charge on any atom is -0.232 e. The smallest absolute Gasteiger partial charge is 0.232 e. The van der Waals surface area contributed by atoms with Crippen LogP contribution in [-0.4, -0.2) is 18.2 Å². The molecule has 0 aliphatic rings. The van der Waals surface area contributed by atoms with E-state index >= 15 is 0 Å². The van der Waals surface area contributed by atoms with E-state index in [1.807, 2.05) is 0 Å². The third-order valence-corrected chi connectivity index (χ3v) is 4.72. The van der Waals surface area contributed by atoms with Crippen LogP contribution in [0.3, 0.4) is 0 Å². The molecule has 0 saturated heterocycles. The standard InChI is InChI=1S/C17H13F4N3O2S/c1-10-3-2-4-12(7-10)24-14(9-16(23-24)17(19,20)21)11-5-6-15(13(18)8-11)27(22,25)26/h2-9H,1H3,(H2,22,25,26). The highest BCUT2D eigenvalue weighted by Crippen LogP contribution is 2.34. The van der Waals surface area contributed by atoms with Crippen molar-refractivity contribution >= 4 is 10.0 Å². The number of alkyl halides is 3. The van der Waals surface area contributed by atoms with Crippen molar-refractivity contribution in [3.05, 3.63) is 65.6 Å². The van der Waals surface area contributed by atoms with Crippen LogP contribution in [0.2, 0.25) is 0 Å². The molecule has 0 atom stereocenters. The number of aromatic nitrogens is 2. The van der Waals surface area contributed by atoms with Crippen LogP contribution >= 0.6 is 0 Å². The van der Waals surface area contributed by atoms with Gasteiger partial charge in [0.15, 0.2) is 5.69 Å². The molecule has 0 aliphatic carbocycles. The van der Waals surface area contributed by atoms with Gasteiger partial charge in [-0.25, -0.2) is 22.6 Å². The molecular formula is C17H13F4N3O2S. The van der Waals surface area contributed by atoms with Gasteiger partial charge in [-0.15, -0.1) is 0 Å². The van der Waals surface area contributed by atoms with Crippen LogP contribution in [0.1, 0.15) is 11.3 Å². The molecule has 1 heterocycles. The monoisotopic (exact) mass is 399 g/mol. The van der Waals surface area contributed by atoms with E-state index in [0.29, 0.717) is 5.69 Å². The predicted molar refractivity (Wildman–Crippen MR) is 90.1 cm³/mol. The molecule has 2 aromatic carbocycles. The molecular weight excluding hydrogens is 386 g/mol. The molecule has 2 N–H and O–H groups in total. The van der Waals surface area contributed by atoms with Gasteiger partial charge in [0, 0.05) is 5.56 Å². The van der Waals surface area contributed by atoms with E-state index in [4.69, 9.17) is 5.14 Å². The number of hydrogen-bond acceptors (Lipinski definition) is 3. The van der Waals surface area contributed by atoms with Gasteiger partial charge in [0.2, 0.25) is 10.0 Å². The third kappa shape index (κ3) is 3.86. The third-order valence-electron chi connectivity index (χ3n) is 3.78. The molecule has 0 spiro atoms. The van der Waals surface area contributed by atoms with Gasteiger partial charge in [-0.05, 0) is 42.8 Å². The van der Waals surface area contributed by atoms with Gasteiger partial charge in [-0.2, -0.15) is 18.3 Å².